The van der Waals surface area contributed by atoms with Gasteiger partial charge in [-0.1, -0.05) is 144 Å². The number of epoxide rings is 1. The molecule has 5 heterocycles. The maximum Gasteiger partial charge on any atom is 0.615 e. The first-order valence-electron chi connectivity index (χ1n) is 21.4. The van der Waals surface area contributed by atoms with Crippen LogP contribution in [0.4, 0.5) is 0 Å². The van der Waals surface area contributed by atoms with E-state index in [0.29, 0.717) is 55.1 Å². The average molecular weight is 843 g/mol. The standard InChI is InChI=1S/C22H28BNO5.C22H28BNO4.4CH4/c1-13-16-9-15(22(16,2)3)10-17(13)24-11-18(25)28-23(24,29-19(26)12-24)21-20(27-21)14-7-5-4-6-8-14;1-15-18-11-17(22(18,2)3)12-19(15)24-13-20(25)27-23(24,28-21(26)14-24)10-9-16-7-5-4-6-8-16;;;;/h4-8,13,15-17,20-21H,9-12H2,1-3H3;4-10,15,17-19H,11-14H2,1-3H3;4*1H4/b;10-9+;;;;/t13-,15+,16-,17-,20+,21-,23?,24?;15?,17-,18+,19+,23?,24?;;;;/m10..../s1. The van der Waals surface area contributed by atoms with Gasteiger partial charge in [0.1, 0.15) is 32.2 Å². The number of rotatable bonds is 6. The van der Waals surface area contributed by atoms with E-state index >= 15 is 0 Å². The molecule has 334 valence electrons. The van der Waals surface area contributed by atoms with Gasteiger partial charge in [-0.15, -0.1) is 0 Å². The van der Waals surface area contributed by atoms with Crippen molar-refractivity contribution in [2.45, 2.75) is 121 Å². The zero-order valence-corrected chi connectivity index (χ0v) is 34.1. The zero-order valence-electron chi connectivity index (χ0n) is 34.1. The van der Waals surface area contributed by atoms with Crippen LogP contribution in [0.5, 0.6) is 0 Å². The number of carbonyl (C=O) groups is 4. The molecule has 5 saturated heterocycles. The zero-order chi connectivity index (χ0) is 39.9. The lowest BCUT2D eigenvalue weighted by molar-refractivity contribution is -0.852. The Balaban J connectivity index is 0.000000192. The summed E-state index contributed by atoms with van der Waals surface area (Å²) in [5.74, 6) is 4.19. The fraction of sp³-hybridized carbons (Fsp3) is 0.625. The molecule has 0 amide bonds. The second kappa shape index (κ2) is 15.4. The van der Waals surface area contributed by atoms with Gasteiger partial charge in [-0.05, 0) is 71.3 Å². The molecule has 2 aromatic carbocycles. The summed E-state index contributed by atoms with van der Waals surface area (Å²) in [7, 11) is 0. The van der Waals surface area contributed by atoms with Crippen molar-refractivity contribution >= 4 is 43.3 Å². The van der Waals surface area contributed by atoms with Gasteiger partial charge in [-0.2, -0.15) is 0 Å². The Morgan fingerprint density at radius 3 is 1.48 bits per heavy atom. The quantitative estimate of drug-likeness (QED) is 0.209. The van der Waals surface area contributed by atoms with Crippen LogP contribution in [0.2, 0.25) is 0 Å². The van der Waals surface area contributed by atoms with Crippen molar-refractivity contribution in [3.8, 4) is 0 Å². The first-order valence-corrected chi connectivity index (χ1v) is 21.4. The molecule has 13 heteroatoms. The van der Waals surface area contributed by atoms with Gasteiger partial charge < -0.3 is 32.1 Å². The molecule has 0 aromatic heterocycles. The van der Waals surface area contributed by atoms with E-state index in [2.05, 4.69) is 41.5 Å². The van der Waals surface area contributed by atoms with Gasteiger partial charge in [0.25, 0.3) is 0 Å². The molecule has 1 unspecified atom stereocenters. The molecule has 0 spiro atoms. The minimum absolute atomic E-state index is 0. The Morgan fingerprint density at radius 2 is 1.02 bits per heavy atom. The van der Waals surface area contributed by atoms with Crippen LogP contribution in [0.1, 0.15) is 114 Å². The molecule has 11 aliphatic rings. The molecule has 2 aromatic rings. The topological polar surface area (TPSA) is 118 Å². The van der Waals surface area contributed by atoms with Gasteiger partial charge in [0.2, 0.25) is 0 Å². The third-order valence-electron chi connectivity index (χ3n) is 17.7. The van der Waals surface area contributed by atoms with E-state index in [9.17, 15) is 19.2 Å². The largest absolute Gasteiger partial charge is 0.615 e. The smallest absolute Gasteiger partial charge is 0.598 e. The van der Waals surface area contributed by atoms with E-state index in [4.69, 9.17) is 23.4 Å². The van der Waals surface area contributed by atoms with Crippen molar-refractivity contribution in [1.82, 2.24) is 0 Å². The number of carbonyl (C=O) groups excluding carboxylic acids is 4. The molecule has 4 bridgehead atoms. The summed E-state index contributed by atoms with van der Waals surface area (Å²) in [6.45, 7) is 10.6. The van der Waals surface area contributed by atoms with E-state index in [1.54, 1.807) is 0 Å². The van der Waals surface area contributed by atoms with Crippen LogP contribution in [-0.4, -0.2) is 90.3 Å². The predicted octanol–water partition coefficient (Wildman–Crippen LogP) is 8.33. The van der Waals surface area contributed by atoms with Gasteiger partial charge >= 0.3 is 37.3 Å². The van der Waals surface area contributed by atoms with Crippen LogP contribution in [0.25, 0.3) is 6.08 Å². The first-order chi connectivity index (χ1) is 27.1. The maximum absolute atomic E-state index is 12.6. The summed E-state index contributed by atoms with van der Waals surface area (Å²) in [6.07, 6.45) is 6.30. The summed E-state index contributed by atoms with van der Waals surface area (Å²) in [6, 6.07) is 19.9. The van der Waals surface area contributed by atoms with Crippen LogP contribution in [0, 0.1) is 46.3 Å². The van der Waals surface area contributed by atoms with Crippen LogP contribution in [-0.2, 0) is 42.5 Å². The summed E-state index contributed by atoms with van der Waals surface area (Å²) in [5, 5.41) is 0. The molecule has 11 fully saturated rings. The molecular weight excluding hydrogens is 770 g/mol. The molecule has 0 radical (unpaired) electrons. The number of hydrogen-bond donors (Lipinski definition) is 0. The Kier molecular flexibility index (Phi) is 11.8. The van der Waals surface area contributed by atoms with Crippen LogP contribution in [0.3, 0.4) is 0 Å². The highest BCUT2D eigenvalue weighted by Crippen LogP contribution is 2.66. The normalized spacial score (nSPS) is 43.2. The van der Waals surface area contributed by atoms with E-state index < -0.39 is 13.4 Å². The molecule has 10 atom stereocenters. The number of nitrogens with zero attached hydrogens (tertiary/aromatic N) is 2. The minimum atomic E-state index is -2.20. The van der Waals surface area contributed by atoms with Gasteiger partial charge in [0.05, 0.1) is 18.2 Å². The van der Waals surface area contributed by atoms with Crippen LogP contribution >= 0.6 is 0 Å². The molecular formula is C48H72B2N2O9. The average Bonchev–Trinajstić information content (AvgIpc) is 3.68. The lowest BCUT2D eigenvalue weighted by Gasteiger charge is -2.66. The fourth-order valence-corrected chi connectivity index (χ4v) is 14.4. The van der Waals surface area contributed by atoms with E-state index in [1.807, 2.05) is 72.7 Å². The number of fused-ring (bicyclic) bond motifs is 8. The number of hydrogen-bond acceptors (Lipinski definition) is 9. The predicted molar refractivity (Wildman–Crippen MR) is 238 cm³/mol. The van der Waals surface area contributed by atoms with Gasteiger partial charge in [0, 0.05) is 11.8 Å². The summed E-state index contributed by atoms with van der Waals surface area (Å²) < 4.78 is 30.3. The third kappa shape index (κ3) is 6.40. The molecule has 5 aliphatic heterocycles. The van der Waals surface area contributed by atoms with Gasteiger partial charge in [-0.3, -0.25) is 19.2 Å². The number of ether oxygens (including phenoxy) is 1. The summed E-state index contributed by atoms with van der Waals surface area (Å²) in [4.78, 5) is 50.3. The molecule has 61 heavy (non-hydrogen) atoms. The van der Waals surface area contributed by atoms with Gasteiger partial charge in [0.15, 0.2) is 0 Å². The highest BCUT2D eigenvalue weighted by Gasteiger charge is 2.80. The SMILES string of the molecule is C.C.C.C.CC1[C@H]2C[C@@H](C[C@H]1[N+]13CC(=O)O[B-]1(/C=C/c1ccccc1)OC(=O)C3)C2(C)C.C[C@@H]1[C@H]2C[C@@H](C[C@H]1[N+]13CC(=O)O[B-]1([C@@H]1O[C@H]1c1ccccc1)OC(=O)C3)C2(C)C. The number of benzene rings is 2. The van der Waals surface area contributed by atoms with Crippen molar-refractivity contribution in [3.63, 3.8) is 0 Å². The summed E-state index contributed by atoms with van der Waals surface area (Å²) in [5.41, 5.74) is 2.72. The highest BCUT2D eigenvalue weighted by molar-refractivity contribution is 6.71. The lowest BCUT2D eigenvalue weighted by Crippen LogP contribution is -2.75. The highest BCUT2D eigenvalue weighted by atomic mass is 16.7. The Hall–Kier alpha value is -3.93. The van der Waals surface area contributed by atoms with Crippen molar-refractivity contribution in [2.24, 2.45) is 46.3 Å². The molecule has 13 rings (SSSR count). The molecule has 6 aliphatic carbocycles. The third-order valence-corrected chi connectivity index (χ3v) is 17.7. The van der Waals surface area contributed by atoms with E-state index in [1.165, 1.54) is 12.8 Å². The fourth-order valence-electron chi connectivity index (χ4n) is 14.4. The number of quaternary nitrogens is 2. The van der Waals surface area contributed by atoms with Crippen molar-refractivity contribution < 1.29 is 51.3 Å². The van der Waals surface area contributed by atoms with E-state index in [-0.39, 0.29) is 104 Å². The first kappa shape index (κ1) is 46.6. The lowest BCUT2D eigenvalue weighted by atomic mass is 9.43. The van der Waals surface area contributed by atoms with E-state index in [0.717, 1.165) is 24.0 Å². The van der Waals surface area contributed by atoms with Crippen molar-refractivity contribution in [3.05, 3.63) is 77.8 Å². The van der Waals surface area contributed by atoms with Crippen LogP contribution < -0.4 is 0 Å². The Morgan fingerprint density at radius 1 is 0.590 bits per heavy atom. The summed E-state index contributed by atoms with van der Waals surface area (Å²) >= 11 is 0. The van der Waals surface area contributed by atoms with Crippen LogP contribution in [0.15, 0.2) is 66.6 Å². The van der Waals surface area contributed by atoms with Crippen molar-refractivity contribution in [1.29, 1.82) is 0 Å². The molecule has 11 nitrogen and oxygen atoms in total. The molecule has 0 N–H and O–H groups in total. The monoisotopic (exact) mass is 843 g/mol. The van der Waals surface area contributed by atoms with Crippen molar-refractivity contribution in [2.75, 3.05) is 26.2 Å². The van der Waals surface area contributed by atoms with Gasteiger partial charge in [-0.25, -0.2) is 0 Å². The Bertz CT molecular complexity index is 2020. The second-order valence-corrected chi connectivity index (χ2v) is 20.5. The Labute approximate surface area is 365 Å². The minimum Gasteiger partial charge on any atom is -0.598 e. The maximum atomic E-state index is 12.6. The second-order valence-electron chi connectivity index (χ2n) is 20.5. The molecule has 6 saturated carbocycles.